The Morgan fingerprint density at radius 2 is 1.96 bits per heavy atom. The Kier molecular flexibility index (Phi) is 5.82. The van der Waals surface area contributed by atoms with E-state index in [4.69, 9.17) is 16.3 Å². The molecule has 2 aromatic carbocycles. The van der Waals surface area contributed by atoms with E-state index in [-0.39, 0.29) is 17.4 Å². The first-order chi connectivity index (χ1) is 11.4. The van der Waals surface area contributed by atoms with Crippen LogP contribution in [0.1, 0.15) is 34.5 Å². The van der Waals surface area contributed by atoms with E-state index in [2.05, 4.69) is 5.32 Å². The number of hydrogen-bond acceptors (Lipinski definition) is 4. The summed E-state index contributed by atoms with van der Waals surface area (Å²) in [5.41, 5.74) is 1.44. The number of aryl methyl sites for hydroxylation is 1. The zero-order chi connectivity index (χ0) is 17.7. The van der Waals surface area contributed by atoms with E-state index in [1.165, 1.54) is 6.07 Å². The van der Waals surface area contributed by atoms with Crippen molar-refractivity contribution in [2.75, 3.05) is 6.61 Å². The minimum absolute atomic E-state index is 0.0330. The quantitative estimate of drug-likeness (QED) is 0.813. The first-order valence-electron chi connectivity index (χ1n) is 7.39. The number of nitrogens with one attached hydrogen (secondary N) is 1. The Bertz CT molecular complexity index is 760. The zero-order valence-corrected chi connectivity index (χ0v) is 14.1. The number of amides is 1. The van der Waals surface area contributed by atoms with Crippen molar-refractivity contribution in [2.45, 2.75) is 19.9 Å². The highest BCUT2D eigenvalue weighted by Crippen LogP contribution is 2.22. The van der Waals surface area contributed by atoms with Crippen LogP contribution in [0.15, 0.2) is 42.5 Å². The van der Waals surface area contributed by atoms with E-state index in [9.17, 15) is 14.7 Å². The van der Waals surface area contributed by atoms with Gasteiger partial charge in [-0.05, 0) is 43.2 Å². The maximum atomic E-state index is 11.9. The van der Waals surface area contributed by atoms with Crippen molar-refractivity contribution in [2.24, 2.45) is 0 Å². The molecule has 126 valence electrons. The van der Waals surface area contributed by atoms with Crippen LogP contribution in [0.5, 0.6) is 5.75 Å². The zero-order valence-electron chi connectivity index (χ0n) is 13.4. The van der Waals surface area contributed by atoms with Crippen LogP contribution in [-0.4, -0.2) is 23.6 Å². The van der Waals surface area contributed by atoms with Gasteiger partial charge in [-0.2, -0.15) is 0 Å². The number of phenolic OH excluding ortho intramolecular Hbond substituents is 1. The Hall–Kier alpha value is -2.53. The van der Waals surface area contributed by atoms with Crippen LogP contribution in [0.25, 0.3) is 0 Å². The van der Waals surface area contributed by atoms with Gasteiger partial charge in [0.2, 0.25) is 0 Å². The van der Waals surface area contributed by atoms with Crippen LogP contribution >= 0.6 is 11.6 Å². The number of ether oxygens (including phenoxy) is 1. The molecular formula is C18H18ClNO4. The third-order valence-electron chi connectivity index (χ3n) is 3.52. The lowest BCUT2D eigenvalue weighted by atomic mass is 10.1. The van der Waals surface area contributed by atoms with Gasteiger partial charge in [-0.1, -0.05) is 35.9 Å². The van der Waals surface area contributed by atoms with Crippen LogP contribution in [0.3, 0.4) is 0 Å². The van der Waals surface area contributed by atoms with E-state index in [0.717, 1.165) is 5.56 Å². The molecule has 6 heteroatoms. The third kappa shape index (κ3) is 4.49. The maximum absolute atomic E-state index is 11.9. The summed E-state index contributed by atoms with van der Waals surface area (Å²) < 4.78 is 4.95. The highest BCUT2D eigenvalue weighted by atomic mass is 35.5. The fraction of sp³-hybridized carbons (Fsp3) is 0.222. The standard InChI is InChI=1S/C18H18ClNO4/c1-11-5-3-8-15(17(11)22)18(23)24-10-16(21)20-12(2)13-6-4-7-14(19)9-13/h3-9,12,22H,10H2,1-2H3,(H,20,21)/t12-/m0/s1. The summed E-state index contributed by atoms with van der Waals surface area (Å²) in [7, 11) is 0. The van der Waals surface area contributed by atoms with Gasteiger partial charge in [0.05, 0.1) is 6.04 Å². The molecule has 0 bridgehead atoms. The van der Waals surface area contributed by atoms with E-state index in [0.29, 0.717) is 10.6 Å². The van der Waals surface area contributed by atoms with Crippen molar-refractivity contribution in [1.82, 2.24) is 5.32 Å². The minimum Gasteiger partial charge on any atom is -0.507 e. The van der Waals surface area contributed by atoms with Crippen LogP contribution in [-0.2, 0) is 9.53 Å². The first kappa shape index (κ1) is 17.8. The molecule has 2 rings (SSSR count). The number of phenols is 1. The predicted molar refractivity (Wildman–Crippen MR) is 91.1 cm³/mol. The van der Waals surface area contributed by atoms with Gasteiger partial charge in [-0.3, -0.25) is 4.79 Å². The van der Waals surface area contributed by atoms with E-state index in [1.807, 2.05) is 6.07 Å². The Labute approximate surface area is 145 Å². The van der Waals surface area contributed by atoms with Gasteiger partial charge < -0.3 is 15.2 Å². The number of aromatic hydroxyl groups is 1. The lowest BCUT2D eigenvalue weighted by Gasteiger charge is -2.15. The monoisotopic (exact) mass is 347 g/mol. The molecule has 0 aliphatic rings. The topological polar surface area (TPSA) is 75.6 Å². The summed E-state index contributed by atoms with van der Waals surface area (Å²) in [4.78, 5) is 23.9. The Balaban J connectivity index is 1.91. The van der Waals surface area contributed by atoms with Gasteiger partial charge in [-0.15, -0.1) is 0 Å². The van der Waals surface area contributed by atoms with E-state index >= 15 is 0 Å². The molecule has 0 heterocycles. The number of para-hydroxylation sites is 1. The molecule has 2 N–H and O–H groups in total. The third-order valence-corrected chi connectivity index (χ3v) is 3.75. The average Bonchev–Trinajstić information content (AvgIpc) is 2.55. The summed E-state index contributed by atoms with van der Waals surface area (Å²) >= 11 is 5.92. The van der Waals surface area contributed by atoms with Gasteiger partial charge in [0, 0.05) is 5.02 Å². The molecule has 0 fully saturated rings. The molecule has 0 unspecified atom stereocenters. The number of carbonyl (C=O) groups excluding carboxylic acids is 2. The Morgan fingerprint density at radius 1 is 1.25 bits per heavy atom. The summed E-state index contributed by atoms with van der Waals surface area (Å²) in [6.07, 6.45) is 0. The molecule has 0 aliphatic carbocycles. The molecule has 0 aliphatic heterocycles. The molecule has 0 saturated heterocycles. The molecule has 1 atom stereocenters. The summed E-state index contributed by atoms with van der Waals surface area (Å²) in [6, 6.07) is 11.6. The second-order valence-corrected chi connectivity index (χ2v) is 5.83. The summed E-state index contributed by atoms with van der Waals surface area (Å²) in [6.45, 7) is 3.04. The fourth-order valence-electron chi connectivity index (χ4n) is 2.17. The van der Waals surface area contributed by atoms with Gasteiger partial charge in [-0.25, -0.2) is 4.79 Å². The molecule has 5 nitrogen and oxygen atoms in total. The van der Waals surface area contributed by atoms with Crippen LogP contribution in [0.2, 0.25) is 5.02 Å². The maximum Gasteiger partial charge on any atom is 0.342 e. The van der Waals surface area contributed by atoms with Gasteiger partial charge >= 0.3 is 5.97 Å². The molecule has 24 heavy (non-hydrogen) atoms. The smallest absolute Gasteiger partial charge is 0.342 e. The van der Waals surface area contributed by atoms with Gasteiger partial charge in [0.25, 0.3) is 5.91 Å². The molecular weight excluding hydrogens is 330 g/mol. The lowest BCUT2D eigenvalue weighted by Crippen LogP contribution is -2.31. The van der Waals surface area contributed by atoms with Crippen molar-refractivity contribution in [3.8, 4) is 5.75 Å². The molecule has 1 amide bonds. The van der Waals surface area contributed by atoms with Crippen LogP contribution < -0.4 is 5.32 Å². The predicted octanol–water partition coefficient (Wildman–Crippen LogP) is 3.39. The number of esters is 1. The van der Waals surface area contributed by atoms with Crippen LogP contribution in [0, 0.1) is 6.92 Å². The average molecular weight is 348 g/mol. The Morgan fingerprint density at radius 3 is 2.67 bits per heavy atom. The molecule has 0 spiro atoms. The number of benzene rings is 2. The SMILES string of the molecule is Cc1cccc(C(=O)OCC(=O)N[C@@H](C)c2cccc(Cl)c2)c1O. The first-order valence-corrected chi connectivity index (χ1v) is 7.77. The number of halogens is 1. The molecule has 0 radical (unpaired) electrons. The van der Waals surface area contributed by atoms with Gasteiger partial charge in [0.1, 0.15) is 11.3 Å². The molecule has 0 aromatic heterocycles. The van der Waals surface area contributed by atoms with Crippen molar-refractivity contribution >= 4 is 23.5 Å². The highest BCUT2D eigenvalue weighted by Gasteiger charge is 2.16. The summed E-state index contributed by atoms with van der Waals surface area (Å²) in [5, 5.41) is 13.1. The van der Waals surface area contributed by atoms with E-state index < -0.39 is 18.5 Å². The molecule has 2 aromatic rings. The fourth-order valence-corrected chi connectivity index (χ4v) is 2.37. The number of hydrogen-bond donors (Lipinski definition) is 2. The normalized spacial score (nSPS) is 11.6. The van der Waals surface area contributed by atoms with Crippen molar-refractivity contribution in [1.29, 1.82) is 0 Å². The van der Waals surface area contributed by atoms with E-state index in [1.54, 1.807) is 44.2 Å². The largest absolute Gasteiger partial charge is 0.507 e. The second kappa shape index (κ2) is 7.84. The van der Waals surface area contributed by atoms with Crippen molar-refractivity contribution in [3.05, 3.63) is 64.2 Å². The highest BCUT2D eigenvalue weighted by molar-refractivity contribution is 6.30. The molecule has 0 saturated carbocycles. The minimum atomic E-state index is -0.748. The van der Waals surface area contributed by atoms with Crippen molar-refractivity contribution < 1.29 is 19.4 Å². The van der Waals surface area contributed by atoms with Crippen molar-refractivity contribution in [3.63, 3.8) is 0 Å². The number of carbonyl (C=O) groups is 2. The number of rotatable bonds is 5. The van der Waals surface area contributed by atoms with Gasteiger partial charge in [0.15, 0.2) is 6.61 Å². The lowest BCUT2D eigenvalue weighted by molar-refractivity contribution is -0.124. The second-order valence-electron chi connectivity index (χ2n) is 5.39. The summed E-state index contributed by atoms with van der Waals surface area (Å²) in [5.74, 6) is -1.33. The van der Waals surface area contributed by atoms with Crippen LogP contribution in [0.4, 0.5) is 0 Å².